The number of ether oxygens (including phenoxy) is 1. The molecular formula is C22H26N4O2S. The minimum absolute atomic E-state index is 0.0471. The van der Waals surface area contributed by atoms with Gasteiger partial charge in [-0.05, 0) is 74.7 Å². The fourth-order valence-corrected chi connectivity index (χ4v) is 4.35. The third-order valence-electron chi connectivity index (χ3n) is 5.03. The van der Waals surface area contributed by atoms with E-state index >= 15 is 0 Å². The molecule has 152 valence electrons. The van der Waals surface area contributed by atoms with Crippen LogP contribution in [0.1, 0.15) is 29.7 Å². The average Bonchev–Trinajstić information content (AvgIpc) is 3.43. The van der Waals surface area contributed by atoms with Gasteiger partial charge in [0.1, 0.15) is 5.75 Å². The number of rotatable bonds is 8. The van der Waals surface area contributed by atoms with Crippen LogP contribution in [-0.2, 0) is 6.61 Å². The first-order valence-corrected chi connectivity index (χ1v) is 10.8. The molecular weight excluding hydrogens is 384 g/mol. The highest BCUT2D eigenvalue weighted by Gasteiger charge is 2.13. The van der Waals surface area contributed by atoms with E-state index in [2.05, 4.69) is 20.6 Å². The van der Waals surface area contributed by atoms with Crippen molar-refractivity contribution >= 4 is 23.0 Å². The van der Waals surface area contributed by atoms with E-state index in [1.807, 2.05) is 49.5 Å². The van der Waals surface area contributed by atoms with Gasteiger partial charge in [-0.15, -0.1) is 11.3 Å². The van der Waals surface area contributed by atoms with E-state index in [1.165, 1.54) is 12.8 Å². The Labute approximate surface area is 175 Å². The predicted molar refractivity (Wildman–Crippen MR) is 117 cm³/mol. The lowest BCUT2D eigenvalue weighted by Gasteiger charge is -2.12. The molecule has 1 atom stereocenters. The van der Waals surface area contributed by atoms with Gasteiger partial charge in [0.05, 0.1) is 23.8 Å². The first-order valence-electron chi connectivity index (χ1n) is 9.98. The molecule has 1 aliphatic heterocycles. The minimum atomic E-state index is 0.0471. The summed E-state index contributed by atoms with van der Waals surface area (Å²) < 4.78 is 5.86. The van der Waals surface area contributed by atoms with Crippen molar-refractivity contribution in [2.75, 3.05) is 18.5 Å². The molecule has 2 aromatic heterocycles. The molecule has 1 aromatic carbocycles. The van der Waals surface area contributed by atoms with Gasteiger partial charge in [0.15, 0.2) is 0 Å². The van der Waals surface area contributed by atoms with Crippen LogP contribution in [0.2, 0.25) is 0 Å². The van der Waals surface area contributed by atoms with Gasteiger partial charge in [0.25, 0.3) is 0 Å². The number of thiophene rings is 1. The van der Waals surface area contributed by atoms with Gasteiger partial charge >= 0.3 is 0 Å². The van der Waals surface area contributed by atoms with Gasteiger partial charge < -0.3 is 20.5 Å². The van der Waals surface area contributed by atoms with Crippen LogP contribution in [0.5, 0.6) is 5.75 Å². The Morgan fingerprint density at radius 2 is 2.10 bits per heavy atom. The Kier molecular flexibility index (Phi) is 6.39. The van der Waals surface area contributed by atoms with Gasteiger partial charge in [-0.25, -0.2) is 9.97 Å². The van der Waals surface area contributed by atoms with Crippen molar-refractivity contribution in [3.8, 4) is 16.3 Å². The summed E-state index contributed by atoms with van der Waals surface area (Å²) in [6.45, 7) is 3.89. The van der Waals surface area contributed by atoms with Crippen LogP contribution >= 0.6 is 11.3 Å². The second kappa shape index (κ2) is 9.35. The number of nitrogens with one attached hydrogen (secondary N) is 2. The molecule has 4 rings (SSSR count). The molecule has 1 fully saturated rings. The summed E-state index contributed by atoms with van der Waals surface area (Å²) >= 11 is 1.54. The van der Waals surface area contributed by atoms with E-state index in [4.69, 9.17) is 4.74 Å². The molecule has 0 amide bonds. The standard InChI is InChI=1S/C22H26N4O2S/c1-15-13-24-22(26-21(15)20-9-8-19(14-27)29-20)25-17-4-6-18(7-5-17)28-12-10-16-3-2-11-23-16/h4-9,13,16,23,27H,2-3,10-12,14H2,1H3,(H,24,25,26). The van der Waals surface area contributed by atoms with Crippen LogP contribution in [-0.4, -0.2) is 34.3 Å². The first kappa shape index (κ1) is 19.8. The van der Waals surface area contributed by atoms with Gasteiger partial charge in [0.2, 0.25) is 5.95 Å². The molecule has 6 nitrogen and oxygen atoms in total. The van der Waals surface area contributed by atoms with Crippen molar-refractivity contribution in [2.24, 2.45) is 0 Å². The number of aromatic nitrogens is 2. The van der Waals surface area contributed by atoms with Crippen molar-refractivity contribution in [3.63, 3.8) is 0 Å². The SMILES string of the molecule is Cc1cnc(Nc2ccc(OCCC3CCCN3)cc2)nc1-c1ccc(CO)s1. The summed E-state index contributed by atoms with van der Waals surface area (Å²) in [6, 6.07) is 12.4. The average molecular weight is 411 g/mol. The number of benzene rings is 1. The van der Waals surface area contributed by atoms with E-state index in [0.29, 0.717) is 12.0 Å². The smallest absolute Gasteiger partial charge is 0.227 e. The Morgan fingerprint density at radius 1 is 1.24 bits per heavy atom. The van der Waals surface area contributed by atoms with Crippen LogP contribution in [0.25, 0.3) is 10.6 Å². The van der Waals surface area contributed by atoms with Crippen LogP contribution in [0.3, 0.4) is 0 Å². The van der Waals surface area contributed by atoms with Crippen molar-refractivity contribution in [1.29, 1.82) is 0 Å². The molecule has 7 heteroatoms. The highest BCUT2D eigenvalue weighted by Crippen LogP contribution is 2.30. The third-order valence-corrected chi connectivity index (χ3v) is 6.11. The van der Waals surface area contributed by atoms with E-state index in [0.717, 1.165) is 52.0 Å². The molecule has 0 saturated carbocycles. The quantitative estimate of drug-likeness (QED) is 0.515. The number of nitrogens with zero attached hydrogens (tertiary/aromatic N) is 2. The second-order valence-corrected chi connectivity index (χ2v) is 8.40. The molecule has 3 aromatic rings. The normalized spacial score (nSPS) is 16.1. The van der Waals surface area contributed by atoms with Gasteiger partial charge in [-0.2, -0.15) is 0 Å². The zero-order valence-corrected chi connectivity index (χ0v) is 17.3. The molecule has 3 N–H and O–H groups in total. The fraction of sp³-hybridized carbons (Fsp3) is 0.364. The summed E-state index contributed by atoms with van der Waals surface area (Å²) in [5.74, 6) is 1.42. The van der Waals surface area contributed by atoms with Crippen LogP contribution in [0, 0.1) is 6.92 Å². The lowest BCUT2D eigenvalue weighted by Crippen LogP contribution is -2.23. The zero-order valence-electron chi connectivity index (χ0n) is 16.5. The molecule has 3 heterocycles. The first-order chi connectivity index (χ1) is 14.2. The van der Waals surface area contributed by atoms with Crippen LogP contribution in [0.15, 0.2) is 42.6 Å². The second-order valence-electron chi connectivity index (χ2n) is 7.23. The zero-order chi connectivity index (χ0) is 20.1. The number of aliphatic hydroxyl groups excluding tert-OH is 1. The summed E-state index contributed by atoms with van der Waals surface area (Å²) in [6.07, 6.45) is 5.37. The molecule has 1 aliphatic rings. The predicted octanol–water partition coefficient (Wildman–Crippen LogP) is 4.27. The number of anilines is 2. The summed E-state index contributed by atoms with van der Waals surface area (Å²) in [5, 5.41) is 16.0. The Bertz CT molecular complexity index is 936. The maximum absolute atomic E-state index is 9.30. The fourth-order valence-electron chi connectivity index (χ4n) is 3.43. The van der Waals surface area contributed by atoms with Crippen LogP contribution in [0.4, 0.5) is 11.6 Å². The highest BCUT2D eigenvalue weighted by atomic mass is 32.1. The van der Waals surface area contributed by atoms with Gasteiger partial charge in [-0.1, -0.05) is 0 Å². The summed E-state index contributed by atoms with van der Waals surface area (Å²) in [5.41, 5.74) is 2.79. The third kappa shape index (κ3) is 5.12. The van der Waals surface area contributed by atoms with Crippen molar-refractivity contribution < 1.29 is 9.84 Å². The lowest BCUT2D eigenvalue weighted by atomic mass is 10.2. The number of aryl methyl sites for hydroxylation is 1. The van der Waals surface area contributed by atoms with Crippen molar-refractivity contribution in [3.05, 3.63) is 53.0 Å². The molecule has 0 spiro atoms. The largest absolute Gasteiger partial charge is 0.494 e. The molecule has 0 aliphatic carbocycles. The van der Waals surface area contributed by atoms with E-state index in [1.54, 1.807) is 11.3 Å². The monoisotopic (exact) mass is 410 g/mol. The van der Waals surface area contributed by atoms with E-state index in [-0.39, 0.29) is 6.61 Å². The minimum Gasteiger partial charge on any atom is -0.494 e. The highest BCUT2D eigenvalue weighted by molar-refractivity contribution is 7.15. The van der Waals surface area contributed by atoms with Gasteiger partial charge in [-0.3, -0.25) is 0 Å². The van der Waals surface area contributed by atoms with Crippen LogP contribution < -0.4 is 15.4 Å². The molecule has 1 saturated heterocycles. The number of hydrogen-bond donors (Lipinski definition) is 3. The summed E-state index contributed by atoms with van der Waals surface area (Å²) in [4.78, 5) is 11.0. The topological polar surface area (TPSA) is 79.3 Å². The summed E-state index contributed by atoms with van der Waals surface area (Å²) in [7, 11) is 0. The maximum atomic E-state index is 9.30. The van der Waals surface area contributed by atoms with Gasteiger partial charge in [0, 0.05) is 22.8 Å². The molecule has 29 heavy (non-hydrogen) atoms. The number of aliphatic hydroxyl groups is 1. The maximum Gasteiger partial charge on any atom is 0.227 e. The molecule has 1 unspecified atom stereocenters. The van der Waals surface area contributed by atoms with E-state index in [9.17, 15) is 5.11 Å². The van der Waals surface area contributed by atoms with Crippen molar-refractivity contribution in [2.45, 2.75) is 38.8 Å². The molecule has 0 bridgehead atoms. The van der Waals surface area contributed by atoms with E-state index < -0.39 is 0 Å². The Morgan fingerprint density at radius 3 is 2.83 bits per heavy atom. The Hall–Kier alpha value is -2.48. The Balaban J connectivity index is 1.37. The lowest BCUT2D eigenvalue weighted by molar-refractivity contribution is 0.285. The van der Waals surface area contributed by atoms with Crippen molar-refractivity contribution in [1.82, 2.24) is 15.3 Å². The number of hydrogen-bond acceptors (Lipinski definition) is 7. The molecule has 0 radical (unpaired) electrons.